The molecule has 144 valence electrons. The number of nitrogens with zero attached hydrogens (tertiary/aromatic N) is 1. The highest BCUT2D eigenvalue weighted by Gasteiger charge is 2.36. The molecular weight excluding hydrogens is 338 g/mol. The number of hydrogen-bond acceptors (Lipinski definition) is 2. The number of likely N-dealkylation sites (tertiary alicyclic amines) is 1. The quantitative estimate of drug-likeness (QED) is 0.824. The number of hydrogen-bond donors (Lipinski definition) is 2. The largest absolute Gasteiger partial charge is 0.361 e. The molecule has 0 radical (unpaired) electrons. The first-order chi connectivity index (χ1) is 13.2. The van der Waals surface area contributed by atoms with Gasteiger partial charge in [0.25, 0.3) is 0 Å². The number of fused-ring (bicyclic) bond motifs is 1. The van der Waals surface area contributed by atoms with Gasteiger partial charge in [0.1, 0.15) is 0 Å². The fourth-order valence-electron chi connectivity index (χ4n) is 4.22. The van der Waals surface area contributed by atoms with Gasteiger partial charge in [-0.1, -0.05) is 25.1 Å². The van der Waals surface area contributed by atoms with E-state index in [2.05, 4.69) is 41.6 Å². The molecule has 1 aliphatic heterocycles. The average Bonchev–Trinajstić information content (AvgIpc) is 3.48. The van der Waals surface area contributed by atoms with Gasteiger partial charge in [-0.25, -0.2) is 0 Å². The molecule has 2 N–H and O–H groups in total. The van der Waals surface area contributed by atoms with E-state index in [1.165, 1.54) is 22.0 Å². The lowest BCUT2D eigenvalue weighted by Crippen LogP contribution is -2.46. The summed E-state index contributed by atoms with van der Waals surface area (Å²) < 4.78 is 0. The van der Waals surface area contributed by atoms with Crippen molar-refractivity contribution >= 4 is 22.7 Å². The number of aryl methyl sites for hydroxylation is 1. The number of piperidine rings is 1. The number of benzene rings is 1. The van der Waals surface area contributed by atoms with E-state index in [1.807, 2.05) is 4.90 Å². The molecule has 1 aromatic heterocycles. The van der Waals surface area contributed by atoms with Gasteiger partial charge in [-0.3, -0.25) is 9.59 Å². The lowest BCUT2D eigenvalue weighted by molar-refractivity contribution is -0.136. The maximum Gasteiger partial charge on any atom is 0.225 e. The van der Waals surface area contributed by atoms with E-state index in [9.17, 15) is 9.59 Å². The van der Waals surface area contributed by atoms with Crippen molar-refractivity contribution in [2.45, 2.75) is 45.4 Å². The molecule has 2 fully saturated rings. The standard InChI is InChI=1S/C22H29N3O2/c1-2-15-5-3-7-19-17(13-24-20(15)19)10-11-23-21(26)18-6-4-12-25(14-18)22(27)16-8-9-16/h3,5,7,13,16,18,24H,2,4,6,8-12,14H2,1H3,(H,23,26). The normalized spacial score (nSPS) is 20.0. The van der Waals surface area contributed by atoms with E-state index < -0.39 is 0 Å². The molecule has 1 aliphatic carbocycles. The second-order valence-corrected chi connectivity index (χ2v) is 7.95. The highest BCUT2D eigenvalue weighted by molar-refractivity contribution is 5.86. The Morgan fingerprint density at radius 3 is 2.81 bits per heavy atom. The molecule has 5 nitrogen and oxygen atoms in total. The Hall–Kier alpha value is -2.30. The Morgan fingerprint density at radius 1 is 1.19 bits per heavy atom. The Morgan fingerprint density at radius 2 is 2.04 bits per heavy atom. The molecule has 2 amide bonds. The van der Waals surface area contributed by atoms with Crippen LogP contribution in [0.4, 0.5) is 0 Å². The first-order valence-corrected chi connectivity index (χ1v) is 10.3. The molecule has 1 aromatic carbocycles. The zero-order valence-corrected chi connectivity index (χ0v) is 16.1. The summed E-state index contributed by atoms with van der Waals surface area (Å²) in [6.07, 6.45) is 7.74. The van der Waals surface area contributed by atoms with Crippen molar-refractivity contribution in [1.82, 2.24) is 15.2 Å². The van der Waals surface area contributed by atoms with E-state index in [4.69, 9.17) is 0 Å². The maximum atomic E-state index is 12.6. The number of carbonyl (C=O) groups is 2. The summed E-state index contributed by atoms with van der Waals surface area (Å²) in [5.74, 6) is 0.535. The van der Waals surface area contributed by atoms with E-state index in [1.54, 1.807) is 0 Å². The van der Waals surface area contributed by atoms with E-state index in [0.717, 1.165) is 45.1 Å². The summed E-state index contributed by atoms with van der Waals surface area (Å²) in [5.41, 5.74) is 3.78. The van der Waals surface area contributed by atoms with Crippen molar-refractivity contribution in [3.63, 3.8) is 0 Å². The molecule has 1 atom stereocenters. The first kappa shape index (κ1) is 18.1. The van der Waals surface area contributed by atoms with Crippen molar-refractivity contribution in [1.29, 1.82) is 0 Å². The molecule has 2 aliphatic rings. The minimum Gasteiger partial charge on any atom is -0.361 e. The van der Waals surface area contributed by atoms with Crippen molar-refractivity contribution in [2.75, 3.05) is 19.6 Å². The highest BCUT2D eigenvalue weighted by atomic mass is 16.2. The zero-order chi connectivity index (χ0) is 18.8. The Balaban J connectivity index is 1.31. The van der Waals surface area contributed by atoms with Crippen molar-refractivity contribution in [3.8, 4) is 0 Å². The molecule has 5 heteroatoms. The summed E-state index contributed by atoms with van der Waals surface area (Å²) in [5, 5.41) is 4.35. The number of aromatic nitrogens is 1. The third-order valence-corrected chi connectivity index (χ3v) is 5.99. The van der Waals surface area contributed by atoms with Crippen LogP contribution in [0.3, 0.4) is 0 Å². The molecule has 27 heavy (non-hydrogen) atoms. The molecule has 0 bridgehead atoms. The van der Waals surface area contributed by atoms with Gasteiger partial charge in [0.2, 0.25) is 11.8 Å². The minimum absolute atomic E-state index is 0.0592. The molecular formula is C22H29N3O2. The van der Waals surface area contributed by atoms with Crippen LogP contribution in [0.15, 0.2) is 24.4 Å². The van der Waals surface area contributed by atoms with Crippen molar-refractivity contribution in [2.24, 2.45) is 11.8 Å². The lowest BCUT2D eigenvalue weighted by atomic mass is 9.96. The van der Waals surface area contributed by atoms with E-state index in [-0.39, 0.29) is 23.7 Å². The SMILES string of the molecule is CCc1cccc2c(CCNC(=O)C3CCCN(C(=O)C4CC4)C3)c[nH]c12. The van der Waals surface area contributed by atoms with Gasteiger partial charge in [-0.15, -0.1) is 0 Å². The number of carbonyl (C=O) groups excluding carboxylic acids is 2. The topological polar surface area (TPSA) is 65.2 Å². The van der Waals surface area contributed by atoms with Gasteiger partial charge >= 0.3 is 0 Å². The Kier molecular flexibility index (Phi) is 5.19. The van der Waals surface area contributed by atoms with Crippen LogP contribution in [0.2, 0.25) is 0 Å². The minimum atomic E-state index is -0.0592. The van der Waals surface area contributed by atoms with Gasteiger partial charge < -0.3 is 15.2 Å². The average molecular weight is 367 g/mol. The molecule has 2 heterocycles. The summed E-state index contributed by atoms with van der Waals surface area (Å²) >= 11 is 0. The molecule has 2 aromatic rings. The summed E-state index contributed by atoms with van der Waals surface area (Å²) in [6, 6.07) is 6.40. The predicted octanol–water partition coefficient (Wildman–Crippen LogP) is 3.04. The number of para-hydroxylation sites is 1. The number of rotatable bonds is 6. The van der Waals surface area contributed by atoms with Crippen LogP contribution in [-0.2, 0) is 22.4 Å². The fourth-order valence-corrected chi connectivity index (χ4v) is 4.22. The fraction of sp³-hybridized carbons (Fsp3) is 0.545. The molecule has 0 spiro atoms. The van der Waals surface area contributed by atoms with Gasteiger partial charge in [-0.05, 0) is 49.7 Å². The summed E-state index contributed by atoms with van der Waals surface area (Å²) in [7, 11) is 0. The third kappa shape index (κ3) is 3.87. The van der Waals surface area contributed by atoms with E-state index >= 15 is 0 Å². The van der Waals surface area contributed by atoms with Crippen LogP contribution in [-0.4, -0.2) is 41.3 Å². The highest BCUT2D eigenvalue weighted by Crippen LogP contribution is 2.32. The lowest BCUT2D eigenvalue weighted by Gasteiger charge is -2.32. The zero-order valence-electron chi connectivity index (χ0n) is 16.1. The van der Waals surface area contributed by atoms with Crippen LogP contribution in [0.1, 0.15) is 43.7 Å². The van der Waals surface area contributed by atoms with Crippen molar-refractivity contribution < 1.29 is 9.59 Å². The molecule has 4 rings (SSSR count). The molecule has 1 saturated heterocycles. The van der Waals surface area contributed by atoms with Gasteiger partial charge in [0.15, 0.2) is 0 Å². The second-order valence-electron chi connectivity index (χ2n) is 7.95. The van der Waals surface area contributed by atoms with Crippen LogP contribution >= 0.6 is 0 Å². The monoisotopic (exact) mass is 367 g/mol. The number of H-pyrrole nitrogens is 1. The molecule has 1 unspecified atom stereocenters. The summed E-state index contributed by atoms with van der Waals surface area (Å²) in [4.78, 5) is 30.2. The van der Waals surface area contributed by atoms with Crippen molar-refractivity contribution in [3.05, 3.63) is 35.5 Å². The number of aromatic amines is 1. The first-order valence-electron chi connectivity index (χ1n) is 10.3. The molecule has 1 saturated carbocycles. The van der Waals surface area contributed by atoms with Crippen LogP contribution in [0.25, 0.3) is 10.9 Å². The maximum absolute atomic E-state index is 12.6. The Labute approximate surface area is 160 Å². The van der Waals surface area contributed by atoms with Crippen LogP contribution < -0.4 is 5.32 Å². The van der Waals surface area contributed by atoms with E-state index in [0.29, 0.717) is 13.1 Å². The van der Waals surface area contributed by atoms with Gasteiger partial charge in [-0.2, -0.15) is 0 Å². The number of nitrogens with one attached hydrogen (secondary N) is 2. The number of amides is 2. The smallest absolute Gasteiger partial charge is 0.225 e. The Bertz CT molecular complexity index is 837. The summed E-state index contributed by atoms with van der Waals surface area (Å²) in [6.45, 7) is 4.20. The predicted molar refractivity (Wildman–Crippen MR) is 106 cm³/mol. The van der Waals surface area contributed by atoms with Gasteiger partial charge in [0, 0.05) is 42.7 Å². The second kappa shape index (κ2) is 7.75. The van der Waals surface area contributed by atoms with Gasteiger partial charge in [0.05, 0.1) is 5.92 Å². The third-order valence-electron chi connectivity index (χ3n) is 5.99. The van der Waals surface area contributed by atoms with Crippen LogP contribution in [0, 0.1) is 11.8 Å². The van der Waals surface area contributed by atoms with Crippen LogP contribution in [0.5, 0.6) is 0 Å².